The highest BCUT2D eigenvalue weighted by Gasteiger charge is 2.13. The van der Waals surface area contributed by atoms with Crippen molar-refractivity contribution in [3.8, 4) is 0 Å². The van der Waals surface area contributed by atoms with E-state index < -0.39 is 0 Å². The molecular weight excluding hydrogens is 357 g/mol. The summed E-state index contributed by atoms with van der Waals surface area (Å²) in [6, 6.07) is 17.6. The maximum atomic E-state index is 6.32. The molecule has 124 valence electrons. The van der Waals surface area contributed by atoms with Gasteiger partial charge in [0.15, 0.2) is 0 Å². The Morgan fingerprint density at radius 3 is 2.24 bits per heavy atom. The van der Waals surface area contributed by atoms with Gasteiger partial charge in [0.1, 0.15) is 10.3 Å². The lowest BCUT2D eigenvalue weighted by Gasteiger charge is -2.08. The average molecular weight is 370 g/mol. The van der Waals surface area contributed by atoms with Crippen molar-refractivity contribution in [3.05, 3.63) is 76.0 Å². The number of hydrogen-bond acceptors (Lipinski definition) is 4. The molecule has 7 heteroatoms. The normalized spacial score (nSPS) is 11.0. The van der Waals surface area contributed by atoms with Gasteiger partial charge in [-0.1, -0.05) is 65.7 Å². The van der Waals surface area contributed by atoms with Gasteiger partial charge in [-0.05, 0) is 17.7 Å². The van der Waals surface area contributed by atoms with E-state index in [4.69, 9.17) is 23.2 Å². The zero-order valence-corrected chi connectivity index (χ0v) is 14.5. The van der Waals surface area contributed by atoms with Gasteiger partial charge in [0.2, 0.25) is 11.9 Å². The number of nitrogens with one attached hydrogen (secondary N) is 2. The summed E-state index contributed by atoms with van der Waals surface area (Å²) >= 11 is 12.6. The molecule has 0 atom stereocenters. The number of fused-ring (bicyclic) bond motifs is 1. The van der Waals surface area contributed by atoms with Crippen LogP contribution >= 0.6 is 23.2 Å². The van der Waals surface area contributed by atoms with Crippen LogP contribution in [-0.2, 0) is 6.42 Å². The zero-order chi connectivity index (χ0) is 17.2. The molecule has 2 aromatic heterocycles. The Morgan fingerprint density at radius 1 is 0.840 bits per heavy atom. The second-order valence-electron chi connectivity index (χ2n) is 5.50. The molecular formula is C18H13Cl2N5. The quantitative estimate of drug-likeness (QED) is 0.497. The molecule has 0 aliphatic rings. The molecule has 2 N–H and O–H groups in total. The van der Waals surface area contributed by atoms with Crippen molar-refractivity contribution in [3.63, 3.8) is 0 Å². The fourth-order valence-corrected chi connectivity index (χ4v) is 3.07. The van der Waals surface area contributed by atoms with E-state index in [2.05, 4.69) is 25.3 Å². The van der Waals surface area contributed by atoms with E-state index in [-0.39, 0.29) is 0 Å². The minimum atomic E-state index is 0.297. The summed E-state index contributed by atoms with van der Waals surface area (Å²) in [5.41, 5.74) is 3.56. The second kappa shape index (κ2) is 6.70. The van der Waals surface area contributed by atoms with Crippen LogP contribution in [0.4, 0.5) is 11.9 Å². The van der Waals surface area contributed by atoms with Crippen LogP contribution in [0.5, 0.6) is 0 Å². The molecule has 0 unspecified atom stereocenters. The molecule has 0 bridgehead atoms. The van der Waals surface area contributed by atoms with Crippen molar-refractivity contribution in [2.75, 3.05) is 5.32 Å². The van der Waals surface area contributed by atoms with Gasteiger partial charge in [-0.25, -0.2) is 15.0 Å². The molecule has 0 spiro atoms. The van der Waals surface area contributed by atoms with Crippen LogP contribution < -0.4 is 5.32 Å². The van der Waals surface area contributed by atoms with Crippen molar-refractivity contribution in [2.24, 2.45) is 0 Å². The number of benzene rings is 2. The van der Waals surface area contributed by atoms with Gasteiger partial charge in [0.25, 0.3) is 0 Å². The van der Waals surface area contributed by atoms with Gasteiger partial charge in [0, 0.05) is 12.0 Å². The number of para-hydroxylation sites is 2. The topological polar surface area (TPSA) is 66.5 Å². The van der Waals surface area contributed by atoms with Gasteiger partial charge in [-0.2, -0.15) is 0 Å². The largest absolute Gasteiger partial charge is 0.324 e. The third-order valence-corrected chi connectivity index (χ3v) is 4.37. The molecule has 4 aromatic rings. The van der Waals surface area contributed by atoms with Crippen LogP contribution in [0.3, 0.4) is 0 Å². The Kier molecular flexibility index (Phi) is 4.26. The van der Waals surface area contributed by atoms with Crippen LogP contribution in [0.25, 0.3) is 11.0 Å². The number of aromatic amines is 1. The third kappa shape index (κ3) is 3.43. The van der Waals surface area contributed by atoms with E-state index in [0.717, 1.165) is 16.6 Å². The highest BCUT2D eigenvalue weighted by Crippen LogP contribution is 2.26. The standard InChI is InChI=1S/C18H13Cl2N5/c19-15-12(10-11-6-2-1-3-7-11)16(20)24-18(23-15)25-17-21-13-8-4-5-9-14(13)22-17/h1-9H,10H2,(H2,21,22,23,24,25). The lowest BCUT2D eigenvalue weighted by molar-refractivity contribution is 1.07. The van der Waals surface area contributed by atoms with Crippen molar-refractivity contribution in [2.45, 2.75) is 6.42 Å². The summed E-state index contributed by atoms with van der Waals surface area (Å²) in [7, 11) is 0. The number of aromatic nitrogens is 4. The molecule has 0 aliphatic carbocycles. The monoisotopic (exact) mass is 369 g/mol. The maximum absolute atomic E-state index is 6.32. The number of halogens is 2. The smallest absolute Gasteiger partial charge is 0.232 e. The molecule has 0 saturated heterocycles. The molecule has 0 saturated carbocycles. The summed E-state index contributed by atoms with van der Waals surface area (Å²) in [5, 5.41) is 3.65. The SMILES string of the molecule is Clc1nc(Nc2nc3ccccc3[nH]2)nc(Cl)c1Cc1ccccc1. The van der Waals surface area contributed by atoms with Crippen molar-refractivity contribution >= 4 is 46.1 Å². The first kappa shape index (κ1) is 15.9. The number of hydrogen-bond donors (Lipinski definition) is 2. The average Bonchev–Trinajstić information content (AvgIpc) is 3.01. The van der Waals surface area contributed by atoms with E-state index in [1.807, 2.05) is 54.6 Å². The molecule has 0 amide bonds. The number of imidazole rings is 1. The van der Waals surface area contributed by atoms with Gasteiger partial charge < -0.3 is 4.98 Å². The van der Waals surface area contributed by atoms with Crippen LogP contribution in [0, 0.1) is 0 Å². The molecule has 5 nitrogen and oxygen atoms in total. The molecule has 0 aliphatic heterocycles. The number of anilines is 2. The second-order valence-corrected chi connectivity index (χ2v) is 6.21. The Morgan fingerprint density at radius 2 is 1.52 bits per heavy atom. The lowest BCUT2D eigenvalue weighted by Crippen LogP contribution is -2.03. The van der Waals surface area contributed by atoms with Gasteiger partial charge in [-0.3, -0.25) is 5.32 Å². The van der Waals surface area contributed by atoms with Crippen LogP contribution in [0.15, 0.2) is 54.6 Å². The maximum Gasteiger partial charge on any atom is 0.232 e. The first-order valence-corrected chi connectivity index (χ1v) is 8.42. The zero-order valence-electron chi connectivity index (χ0n) is 13.0. The predicted molar refractivity (Wildman–Crippen MR) is 101 cm³/mol. The van der Waals surface area contributed by atoms with Crippen molar-refractivity contribution in [1.29, 1.82) is 0 Å². The summed E-state index contributed by atoms with van der Waals surface area (Å²) in [6.07, 6.45) is 0.573. The highest BCUT2D eigenvalue weighted by atomic mass is 35.5. The van der Waals surface area contributed by atoms with E-state index >= 15 is 0 Å². The lowest BCUT2D eigenvalue weighted by atomic mass is 10.1. The molecule has 0 radical (unpaired) electrons. The molecule has 25 heavy (non-hydrogen) atoms. The van der Waals surface area contributed by atoms with Crippen LogP contribution in [0.1, 0.15) is 11.1 Å². The van der Waals surface area contributed by atoms with Gasteiger partial charge in [-0.15, -0.1) is 0 Å². The van der Waals surface area contributed by atoms with E-state index in [1.165, 1.54) is 0 Å². The highest BCUT2D eigenvalue weighted by molar-refractivity contribution is 6.34. The van der Waals surface area contributed by atoms with Crippen LogP contribution in [0.2, 0.25) is 10.3 Å². The Bertz CT molecular complexity index is 974. The van der Waals surface area contributed by atoms with Gasteiger partial charge in [0.05, 0.1) is 11.0 Å². The number of rotatable bonds is 4. The fraction of sp³-hybridized carbons (Fsp3) is 0.0556. The summed E-state index contributed by atoms with van der Waals surface area (Å²) in [5.74, 6) is 0.829. The Hall–Kier alpha value is -2.63. The van der Waals surface area contributed by atoms with Gasteiger partial charge >= 0.3 is 0 Å². The Labute approximate surface area is 154 Å². The summed E-state index contributed by atoms with van der Waals surface area (Å²) in [6.45, 7) is 0. The summed E-state index contributed by atoms with van der Waals surface area (Å²) < 4.78 is 0. The van der Waals surface area contributed by atoms with Crippen molar-refractivity contribution < 1.29 is 0 Å². The number of H-pyrrole nitrogens is 1. The molecule has 0 fully saturated rings. The predicted octanol–water partition coefficient (Wildman–Crippen LogP) is 4.99. The minimum absolute atomic E-state index is 0.297. The van der Waals surface area contributed by atoms with E-state index in [9.17, 15) is 0 Å². The first-order chi connectivity index (χ1) is 12.2. The molecule has 4 rings (SSSR count). The van der Waals surface area contributed by atoms with Crippen LogP contribution in [-0.4, -0.2) is 19.9 Å². The minimum Gasteiger partial charge on any atom is -0.324 e. The molecule has 2 aromatic carbocycles. The third-order valence-electron chi connectivity index (χ3n) is 3.75. The van der Waals surface area contributed by atoms with Crippen molar-refractivity contribution in [1.82, 2.24) is 19.9 Å². The van der Waals surface area contributed by atoms with E-state index in [0.29, 0.717) is 34.2 Å². The Balaban J connectivity index is 1.61. The fourth-order valence-electron chi connectivity index (χ4n) is 2.55. The number of nitrogens with zero attached hydrogens (tertiary/aromatic N) is 3. The van der Waals surface area contributed by atoms with E-state index in [1.54, 1.807) is 0 Å². The first-order valence-electron chi connectivity index (χ1n) is 7.66. The molecule has 2 heterocycles. The summed E-state index contributed by atoms with van der Waals surface area (Å²) in [4.78, 5) is 16.2.